The number of alkyl carbamates (subject to hydrolysis) is 1. The molecule has 1 amide bonds. The third-order valence-corrected chi connectivity index (χ3v) is 15.7. The van der Waals surface area contributed by atoms with Crippen LogP contribution >= 0.6 is 20.8 Å². The molecule has 0 fully saturated rings. The van der Waals surface area contributed by atoms with Gasteiger partial charge in [-0.1, -0.05) is 0 Å². The summed E-state index contributed by atoms with van der Waals surface area (Å²) in [6, 6.07) is 40.9. The van der Waals surface area contributed by atoms with Crippen LogP contribution < -0.4 is 21.2 Å². The Kier molecular flexibility index (Phi) is 7.68. The second-order valence-electron chi connectivity index (χ2n) is 10.0. The van der Waals surface area contributed by atoms with Gasteiger partial charge in [0.15, 0.2) is 0 Å². The van der Waals surface area contributed by atoms with Crippen molar-refractivity contribution in [2.75, 3.05) is 0 Å². The summed E-state index contributed by atoms with van der Waals surface area (Å²) < 4.78 is 5.36. The molecule has 0 aliphatic heterocycles. The first kappa shape index (κ1) is 26.1. The zero-order chi connectivity index (χ0) is 25.7. The van der Waals surface area contributed by atoms with Crippen molar-refractivity contribution < 1.29 is 9.53 Å². The van der Waals surface area contributed by atoms with Crippen molar-refractivity contribution in [3.05, 3.63) is 126 Å². The molecule has 0 aromatic heterocycles. The molecular formula is C31H33BrNO2P. The molecule has 0 aliphatic carbocycles. The van der Waals surface area contributed by atoms with Gasteiger partial charge in [-0.3, -0.25) is 0 Å². The molecule has 0 bridgehead atoms. The fraction of sp³-hybridized carbons (Fsp3) is 0.194. The van der Waals surface area contributed by atoms with Crippen LogP contribution in [0.25, 0.3) is 0 Å². The van der Waals surface area contributed by atoms with Crippen LogP contribution in [0, 0.1) is 0 Å². The molecular weight excluding hydrogens is 529 g/mol. The van der Waals surface area contributed by atoms with Gasteiger partial charge in [-0.2, -0.15) is 0 Å². The summed E-state index contributed by atoms with van der Waals surface area (Å²) >= 11 is 4.51. The van der Waals surface area contributed by atoms with Crippen LogP contribution in [0.5, 0.6) is 0 Å². The molecule has 0 spiro atoms. The molecule has 0 unspecified atom stereocenters. The van der Waals surface area contributed by atoms with E-state index in [4.69, 9.17) is 4.74 Å². The number of carbonyl (C=O) groups excluding carboxylic acids is 1. The molecule has 5 heteroatoms. The summed E-state index contributed by atoms with van der Waals surface area (Å²) in [6.45, 7) is 6.00. The summed E-state index contributed by atoms with van der Waals surface area (Å²) in [4.78, 5) is 12.1. The Morgan fingerprint density at radius 3 is 1.47 bits per heavy atom. The third-order valence-electron chi connectivity index (χ3n) is 6.22. The standard InChI is InChI=1S/C31H33BrNO2P/c1-31(2,3)35-30(34)33-23-25-19-21-26(22-20-25)24-36(32,27-13-7-4-8-14-27,28-15-9-5-10-16-28)29-17-11-6-12-18-29/h4-22H,23-24H2,1-3H3,(H,33,34). The van der Waals surface area contributed by atoms with Gasteiger partial charge in [0.1, 0.15) is 0 Å². The van der Waals surface area contributed by atoms with E-state index in [0.717, 1.165) is 11.7 Å². The van der Waals surface area contributed by atoms with Gasteiger partial charge < -0.3 is 0 Å². The first-order valence-corrected chi connectivity index (χ1v) is 16.6. The molecule has 186 valence electrons. The zero-order valence-electron chi connectivity index (χ0n) is 21.0. The van der Waals surface area contributed by atoms with Crippen LogP contribution in [0.1, 0.15) is 31.9 Å². The molecule has 0 saturated carbocycles. The van der Waals surface area contributed by atoms with Crippen LogP contribution in [0.2, 0.25) is 0 Å². The van der Waals surface area contributed by atoms with Crippen molar-refractivity contribution in [3.8, 4) is 0 Å². The van der Waals surface area contributed by atoms with Gasteiger partial charge in [0.05, 0.1) is 0 Å². The average molecular weight is 562 g/mol. The number of rotatable bonds is 7. The number of nitrogens with one attached hydrogen (secondary N) is 1. The fourth-order valence-electron chi connectivity index (χ4n) is 4.53. The van der Waals surface area contributed by atoms with Crippen molar-refractivity contribution in [3.63, 3.8) is 0 Å². The van der Waals surface area contributed by atoms with Gasteiger partial charge in [-0.15, -0.1) is 0 Å². The van der Waals surface area contributed by atoms with Crippen molar-refractivity contribution >= 4 is 42.8 Å². The maximum atomic E-state index is 12.1. The molecule has 4 aromatic carbocycles. The predicted molar refractivity (Wildman–Crippen MR) is 157 cm³/mol. The summed E-state index contributed by atoms with van der Waals surface area (Å²) in [7, 11) is 0. The summed E-state index contributed by atoms with van der Waals surface area (Å²) in [5, 5.41) is 3.67. The second kappa shape index (κ2) is 10.6. The van der Waals surface area contributed by atoms with E-state index in [1.807, 2.05) is 20.8 Å². The Hall–Kier alpha value is -2.94. The second-order valence-corrected chi connectivity index (χ2v) is 18.9. The molecule has 4 rings (SSSR count). The van der Waals surface area contributed by atoms with Crippen LogP contribution in [0.3, 0.4) is 0 Å². The molecule has 3 nitrogen and oxygen atoms in total. The Bertz CT molecular complexity index is 1190. The molecule has 4 aromatic rings. The van der Waals surface area contributed by atoms with Crippen molar-refractivity contribution in [1.29, 1.82) is 0 Å². The van der Waals surface area contributed by atoms with Gasteiger partial charge >= 0.3 is 223 Å². The van der Waals surface area contributed by atoms with E-state index in [1.54, 1.807) is 0 Å². The Balaban J connectivity index is 1.73. The first-order chi connectivity index (χ1) is 17.2. The van der Waals surface area contributed by atoms with Crippen LogP contribution in [0.15, 0.2) is 115 Å². The third kappa shape index (κ3) is 5.56. The predicted octanol–water partition coefficient (Wildman–Crippen LogP) is 7.05. The molecule has 0 aliphatic rings. The summed E-state index contributed by atoms with van der Waals surface area (Å²) in [5.41, 5.74) is 1.73. The Morgan fingerprint density at radius 2 is 1.08 bits per heavy atom. The average Bonchev–Trinajstić information content (AvgIpc) is 2.89. The zero-order valence-corrected chi connectivity index (χ0v) is 23.5. The van der Waals surface area contributed by atoms with E-state index < -0.39 is 17.0 Å². The van der Waals surface area contributed by atoms with E-state index in [2.05, 4.69) is 136 Å². The maximum absolute atomic E-state index is 12.1. The number of hydrogen-bond donors (Lipinski definition) is 1. The van der Waals surface area contributed by atoms with E-state index in [9.17, 15) is 4.79 Å². The Morgan fingerprint density at radius 1 is 0.694 bits per heavy atom. The monoisotopic (exact) mass is 561 g/mol. The normalized spacial score (nSPS) is 12.8. The van der Waals surface area contributed by atoms with E-state index in [-0.39, 0.29) is 0 Å². The van der Waals surface area contributed by atoms with Gasteiger partial charge in [0, 0.05) is 0 Å². The van der Waals surface area contributed by atoms with Crippen molar-refractivity contribution in [2.45, 2.75) is 39.1 Å². The minimum absolute atomic E-state index is 0.408. The molecule has 0 atom stereocenters. The van der Waals surface area contributed by atoms with Gasteiger partial charge in [-0.05, 0) is 0 Å². The van der Waals surface area contributed by atoms with Crippen LogP contribution in [-0.4, -0.2) is 11.7 Å². The molecule has 1 N–H and O–H groups in total. The Labute approximate surface area is 222 Å². The first-order valence-electron chi connectivity index (χ1n) is 12.1. The van der Waals surface area contributed by atoms with Crippen LogP contribution in [0.4, 0.5) is 4.79 Å². The number of benzene rings is 4. The molecule has 0 heterocycles. The topological polar surface area (TPSA) is 38.3 Å². The van der Waals surface area contributed by atoms with Crippen molar-refractivity contribution in [2.24, 2.45) is 0 Å². The number of carbonyl (C=O) groups is 1. The number of ether oxygens (including phenoxy) is 1. The molecule has 0 radical (unpaired) electrons. The molecule has 0 saturated heterocycles. The quantitative estimate of drug-likeness (QED) is 0.245. The number of amides is 1. The van der Waals surface area contributed by atoms with Crippen molar-refractivity contribution in [1.82, 2.24) is 5.32 Å². The molecule has 36 heavy (non-hydrogen) atoms. The fourth-order valence-corrected chi connectivity index (χ4v) is 12.2. The van der Waals surface area contributed by atoms with E-state index in [1.165, 1.54) is 21.5 Å². The summed E-state index contributed by atoms with van der Waals surface area (Å²) in [6.07, 6.45) is 0.415. The minimum atomic E-state index is -3.04. The number of hydrogen-bond acceptors (Lipinski definition) is 2. The number of halogens is 1. The van der Waals surface area contributed by atoms with Gasteiger partial charge in [0.2, 0.25) is 0 Å². The van der Waals surface area contributed by atoms with Crippen LogP contribution in [-0.2, 0) is 17.4 Å². The SMILES string of the molecule is CC(C)(C)OC(=O)NCc1ccc(CP(Br)(c2ccccc2)(c2ccccc2)c2ccccc2)cc1. The summed E-state index contributed by atoms with van der Waals surface area (Å²) in [5.74, 6) is 0. The van der Waals surface area contributed by atoms with E-state index >= 15 is 0 Å². The van der Waals surface area contributed by atoms with Gasteiger partial charge in [0.25, 0.3) is 0 Å². The van der Waals surface area contributed by atoms with E-state index in [0.29, 0.717) is 6.54 Å². The van der Waals surface area contributed by atoms with Gasteiger partial charge in [-0.25, -0.2) is 0 Å².